The Labute approximate surface area is 190 Å². The van der Waals surface area contributed by atoms with Gasteiger partial charge in [0.25, 0.3) is 0 Å². The highest BCUT2D eigenvalue weighted by atomic mass is 19.1. The van der Waals surface area contributed by atoms with Crippen LogP contribution in [0.15, 0.2) is 67.4 Å². The highest BCUT2D eigenvalue weighted by Crippen LogP contribution is 2.40. The average molecular weight is 443 g/mol. The van der Waals surface area contributed by atoms with Crippen LogP contribution in [0, 0.1) is 11.7 Å². The summed E-state index contributed by atoms with van der Waals surface area (Å²) in [5.41, 5.74) is 4.28. The van der Waals surface area contributed by atoms with Crippen LogP contribution in [0.5, 0.6) is 5.75 Å². The quantitative estimate of drug-likeness (QED) is 0.484. The van der Waals surface area contributed by atoms with Gasteiger partial charge in [-0.1, -0.05) is 12.1 Å². The van der Waals surface area contributed by atoms with Gasteiger partial charge in [0, 0.05) is 55.5 Å². The standard InChI is InChI=1S/C25H22FN5O2/c26-20-3-1-2-17(10-20)13-29-14-19(15-29)25(32)31-8-9-33-24-21(11-27-12-22(24)31)18-4-5-23-28-6-7-30(23)16-18/h1-7,10-12,16,19H,8-9,13-15H2. The van der Waals surface area contributed by atoms with E-state index in [2.05, 4.69) is 14.9 Å². The molecule has 1 amide bonds. The third-order valence-electron chi connectivity index (χ3n) is 6.30. The molecule has 2 aliphatic heterocycles. The Morgan fingerprint density at radius 1 is 1.18 bits per heavy atom. The van der Waals surface area contributed by atoms with Crippen molar-refractivity contribution in [3.63, 3.8) is 0 Å². The number of benzene rings is 1. The normalized spacial score (nSPS) is 16.3. The molecule has 2 aliphatic rings. The summed E-state index contributed by atoms with van der Waals surface area (Å²) in [5.74, 6) is 0.440. The fourth-order valence-electron chi connectivity index (χ4n) is 4.62. The van der Waals surface area contributed by atoms with Gasteiger partial charge in [-0.3, -0.25) is 14.7 Å². The molecule has 5 heterocycles. The van der Waals surface area contributed by atoms with Gasteiger partial charge >= 0.3 is 0 Å². The molecule has 0 N–H and O–H groups in total. The first-order valence-corrected chi connectivity index (χ1v) is 11.0. The number of hydrogen-bond acceptors (Lipinski definition) is 5. The van der Waals surface area contributed by atoms with Gasteiger partial charge in [-0.25, -0.2) is 9.37 Å². The van der Waals surface area contributed by atoms with Crippen molar-refractivity contribution in [2.45, 2.75) is 6.54 Å². The maximum atomic E-state index is 13.4. The predicted molar refractivity (Wildman–Crippen MR) is 121 cm³/mol. The molecule has 6 rings (SSSR count). The SMILES string of the molecule is O=C(C1CN(Cc2cccc(F)c2)C1)N1CCOc2c(-c3ccc4nccn4c3)cncc21. The van der Waals surface area contributed by atoms with Gasteiger partial charge in [0.05, 0.1) is 18.7 Å². The van der Waals surface area contributed by atoms with Gasteiger partial charge in [0.15, 0.2) is 5.75 Å². The molecule has 0 aliphatic carbocycles. The molecular weight excluding hydrogens is 421 g/mol. The predicted octanol–water partition coefficient (Wildman–Crippen LogP) is 3.39. The number of fused-ring (bicyclic) bond motifs is 2. The zero-order valence-corrected chi connectivity index (χ0v) is 17.9. The first-order valence-electron chi connectivity index (χ1n) is 11.0. The topological polar surface area (TPSA) is 63.0 Å². The molecule has 0 unspecified atom stereocenters. The number of carbonyl (C=O) groups is 1. The molecule has 8 heteroatoms. The van der Waals surface area contributed by atoms with Crippen molar-refractivity contribution in [3.05, 3.63) is 78.8 Å². The van der Waals surface area contributed by atoms with Crippen molar-refractivity contribution in [3.8, 4) is 16.9 Å². The van der Waals surface area contributed by atoms with Crippen LogP contribution >= 0.6 is 0 Å². The molecule has 3 aromatic heterocycles. The highest BCUT2D eigenvalue weighted by Gasteiger charge is 2.38. The molecule has 0 spiro atoms. The number of pyridine rings is 2. The summed E-state index contributed by atoms with van der Waals surface area (Å²) in [7, 11) is 0. The number of aromatic nitrogens is 3. The van der Waals surface area contributed by atoms with E-state index >= 15 is 0 Å². The largest absolute Gasteiger partial charge is 0.489 e. The van der Waals surface area contributed by atoms with Gasteiger partial charge in [-0.15, -0.1) is 0 Å². The summed E-state index contributed by atoms with van der Waals surface area (Å²) < 4.78 is 21.4. The number of ether oxygens (including phenoxy) is 1. The second kappa shape index (κ2) is 7.97. The van der Waals surface area contributed by atoms with Crippen LogP contribution in [0.2, 0.25) is 0 Å². The molecule has 166 valence electrons. The Kier molecular flexibility index (Phi) is 4.80. The molecule has 7 nitrogen and oxygen atoms in total. The Hall–Kier alpha value is -3.78. The fraction of sp³-hybridized carbons (Fsp3) is 0.240. The van der Waals surface area contributed by atoms with Crippen molar-refractivity contribution < 1.29 is 13.9 Å². The number of likely N-dealkylation sites (tertiary alicyclic amines) is 1. The summed E-state index contributed by atoms with van der Waals surface area (Å²) in [6.45, 7) is 2.89. The molecule has 1 fully saturated rings. The van der Waals surface area contributed by atoms with E-state index in [1.54, 1.807) is 35.6 Å². The Morgan fingerprint density at radius 3 is 2.97 bits per heavy atom. The van der Waals surface area contributed by atoms with E-state index in [0.29, 0.717) is 44.2 Å². The van der Waals surface area contributed by atoms with E-state index in [1.807, 2.05) is 35.0 Å². The lowest BCUT2D eigenvalue weighted by Crippen LogP contribution is -2.55. The van der Waals surface area contributed by atoms with E-state index in [0.717, 1.165) is 22.3 Å². The maximum absolute atomic E-state index is 13.4. The minimum absolute atomic E-state index is 0.0825. The lowest BCUT2D eigenvalue weighted by atomic mass is 9.96. The Balaban J connectivity index is 1.21. The number of rotatable bonds is 4. The van der Waals surface area contributed by atoms with Crippen LogP contribution in [-0.2, 0) is 11.3 Å². The molecule has 33 heavy (non-hydrogen) atoms. The third kappa shape index (κ3) is 3.62. The number of imidazole rings is 1. The van der Waals surface area contributed by atoms with Gasteiger partial charge in [0.1, 0.15) is 23.8 Å². The van der Waals surface area contributed by atoms with Crippen LogP contribution in [0.3, 0.4) is 0 Å². The zero-order chi connectivity index (χ0) is 22.4. The maximum Gasteiger partial charge on any atom is 0.232 e. The number of hydrogen-bond donors (Lipinski definition) is 0. The number of nitrogens with zero attached hydrogens (tertiary/aromatic N) is 5. The second-order valence-corrected chi connectivity index (χ2v) is 8.51. The fourth-order valence-corrected chi connectivity index (χ4v) is 4.62. The van der Waals surface area contributed by atoms with E-state index < -0.39 is 0 Å². The Morgan fingerprint density at radius 2 is 2.09 bits per heavy atom. The van der Waals surface area contributed by atoms with Crippen molar-refractivity contribution in [2.24, 2.45) is 5.92 Å². The number of carbonyl (C=O) groups excluding carboxylic acids is 1. The molecule has 0 atom stereocenters. The molecule has 0 bridgehead atoms. The van der Waals surface area contributed by atoms with Gasteiger partial charge in [0.2, 0.25) is 5.91 Å². The van der Waals surface area contributed by atoms with Crippen molar-refractivity contribution >= 4 is 17.2 Å². The van der Waals surface area contributed by atoms with E-state index in [-0.39, 0.29) is 17.6 Å². The first kappa shape index (κ1) is 19.9. The molecule has 0 radical (unpaired) electrons. The molecule has 1 saturated heterocycles. The van der Waals surface area contributed by atoms with Crippen LogP contribution in [0.1, 0.15) is 5.56 Å². The van der Waals surface area contributed by atoms with Crippen LogP contribution in [0.25, 0.3) is 16.8 Å². The van der Waals surface area contributed by atoms with E-state index in [1.165, 1.54) is 6.07 Å². The van der Waals surface area contributed by atoms with Gasteiger partial charge in [-0.05, 0) is 29.8 Å². The van der Waals surface area contributed by atoms with Crippen molar-refractivity contribution in [1.82, 2.24) is 19.3 Å². The summed E-state index contributed by atoms with van der Waals surface area (Å²) in [6, 6.07) is 10.5. The lowest BCUT2D eigenvalue weighted by molar-refractivity contribution is -0.128. The van der Waals surface area contributed by atoms with Gasteiger partial charge < -0.3 is 14.0 Å². The van der Waals surface area contributed by atoms with E-state index in [9.17, 15) is 9.18 Å². The third-order valence-corrected chi connectivity index (χ3v) is 6.30. The number of anilines is 1. The summed E-state index contributed by atoms with van der Waals surface area (Å²) in [5, 5.41) is 0. The summed E-state index contributed by atoms with van der Waals surface area (Å²) in [6.07, 6.45) is 9.11. The smallest absolute Gasteiger partial charge is 0.232 e. The van der Waals surface area contributed by atoms with Crippen LogP contribution in [-0.4, -0.2) is 51.4 Å². The summed E-state index contributed by atoms with van der Waals surface area (Å²) >= 11 is 0. The second-order valence-electron chi connectivity index (χ2n) is 8.51. The molecule has 0 saturated carbocycles. The Bertz CT molecular complexity index is 1350. The lowest BCUT2D eigenvalue weighted by Gasteiger charge is -2.41. The minimum atomic E-state index is -0.235. The minimum Gasteiger partial charge on any atom is -0.489 e. The summed E-state index contributed by atoms with van der Waals surface area (Å²) in [4.78, 5) is 26.0. The van der Waals surface area contributed by atoms with Crippen LogP contribution in [0.4, 0.5) is 10.1 Å². The average Bonchev–Trinajstić information content (AvgIpc) is 3.28. The van der Waals surface area contributed by atoms with Crippen molar-refractivity contribution in [2.75, 3.05) is 31.1 Å². The number of amides is 1. The molecule has 1 aromatic carbocycles. The zero-order valence-electron chi connectivity index (χ0n) is 17.9. The monoisotopic (exact) mass is 443 g/mol. The van der Waals surface area contributed by atoms with Gasteiger partial charge in [-0.2, -0.15) is 0 Å². The highest BCUT2D eigenvalue weighted by molar-refractivity contribution is 5.99. The van der Waals surface area contributed by atoms with Crippen molar-refractivity contribution in [1.29, 1.82) is 0 Å². The first-order chi connectivity index (χ1) is 16.2. The molecule has 4 aromatic rings. The van der Waals surface area contributed by atoms with E-state index in [4.69, 9.17) is 4.74 Å². The molecular formula is C25H22FN5O2. The number of halogens is 1. The van der Waals surface area contributed by atoms with Crippen LogP contribution < -0.4 is 9.64 Å².